The molecule has 1 aromatic carbocycles. The molecule has 114 valence electrons. The van der Waals surface area contributed by atoms with Crippen LogP contribution < -0.4 is 10.1 Å². The molecule has 2 aromatic rings. The minimum atomic E-state index is -2.82. The number of hydrogen-bond acceptors (Lipinski definition) is 5. The van der Waals surface area contributed by atoms with Gasteiger partial charge in [0.05, 0.1) is 0 Å². The number of alkyl halides is 2. The Bertz CT molecular complexity index is 575. The Kier molecular flexibility index (Phi) is 5.21. The number of hydrogen-bond donors (Lipinski definition) is 1. The topological polar surface area (TPSA) is 60.2 Å². The molecule has 0 spiro atoms. The van der Waals surface area contributed by atoms with Gasteiger partial charge in [0.15, 0.2) is 5.82 Å². The molecule has 0 aliphatic rings. The molecule has 0 amide bonds. The molecule has 1 unspecified atom stereocenters. The van der Waals surface area contributed by atoms with Gasteiger partial charge in [-0.3, -0.25) is 0 Å². The van der Waals surface area contributed by atoms with Crippen LogP contribution >= 0.6 is 0 Å². The third-order valence-electron chi connectivity index (χ3n) is 2.94. The molecular formula is C14H17F2N3O2. The lowest BCUT2D eigenvalue weighted by Gasteiger charge is -2.14. The van der Waals surface area contributed by atoms with Gasteiger partial charge in [0.25, 0.3) is 0 Å². The number of nitrogens with one attached hydrogen (secondary N) is 1. The molecule has 7 heteroatoms. The minimum Gasteiger partial charge on any atom is -0.435 e. The van der Waals surface area contributed by atoms with E-state index < -0.39 is 6.61 Å². The zero-order chi connectivity index (χ0) is 15.2. The molecule has 0 saturated carbocycles. The highest BCUT2D eigenvalue weighted by Crippen LogP contribution is 2.20. The van der Waals surface area contributed by atoms with E-state index in [9.17, 15) is 8.78 Å². The van der Waals surface area contributed by atoms with Gasteiger partial charge in [-0.15, -0.1) is 0 Å². The fourth-order valence-corrected chi connectivity index (χ4v) is 1.92. The van der Waals surface area contributed by atoms with Crippen LogP contribution in [0.25, 0.3) is 0 Å². The molecule has 1 aromatic heterocycles. The van der Waals surface area contributed by atoms with Crippen molar-refractivity contribution in [1.82, 2.24) is 15.5 Å². The lowest BCUT2D eigenvalue weighted by atomic mass is 10.1. The molecular weight excluding hydrogens is 280 g/mol. The van der Waals surface area contributed by atoms with Crippen molar-refractivity contribution in [2.75, 3.05) is 6.54 Å². The van der Waals surface area contributed by atoms with Crippen LogP contribution in [0.4, 0.5) is 8.78 Å². The summed E-state index contributed by atoms with van der Waals surface area (Å²) in [5.74, 6) is 1.33. The SMILES string of the molecule is Cc1noc(CCNC(C)c2cccc(OC(F)F)c2)n1. The number of aryl methyl sites for hydroxylation is 1. The smallest absolute Gasteiger partial charge is 0.387 e. The maximum Gasteiger partial charge on any atom is 0.387 e. The van der Waals surface area contributed by atoms with Gasteiger partial charge in [-0.1, -0.05) is 17.3 Å². The van der Waals surface area contributed by atoms with E-state index in [-0.39, 0.29) is 11.8 Å². The number of nitrogens with zero attached hydrogens (tertiary/aromatic N) is 2. The van der Waals surface area contributed by atoms with E-state index in [1.54, 1.807) is 19.1 Å². The van der Waals surface area contributed by atoms with Crippen LogP contribution in [0.2, 0.25) is 0 Å². The van der Waals surface area contributed by atoms with E-state index in [1.165, 1.54) is 6.07 Å². The maximum atomic E-state index is 12.2. The van der Waals surface area contributed by atoms with Gasteiger partial charge in [-0.2, -0.15) is 13.8 Å². The lowest BCUT2D eigenvalue weighted by molar-refractivity contribution is -0.0499. The number of benzene rings is 1. The third kappa shape index (κ3) is 4.78. The van der Waals surface area contributed by atoms with Crippen LogP contribution in [-0.2, 0) is 6.42 Å². The Morgan fingerprint density at radius 1 is 1.38 bits per heavy atom. The molecule has 0 bridgehead atoms. The number of aromatic nitrogens is 2. The van der Waals surface area contributed by atoms with Crippen molar-refractivity contribution in [1.29, 1.82) is 0 Å². The Labute approximate surface area is 121 Å². The van der Waals surface area contributed by atoms with Crippen LogP contribution in [0.3, 0.4) is 0 Å². The summed E-state index contributed by atoms with van der Waals surface area (Å²) < 4.78 is 33.8. The Balaban J connectivity index is 1.86. The largest absolute Gasteiger partial charge is 0.435 e. The van der Waals surface area contributed by atoms with E-state index in [2.05, 4.69) is 20.2 Å². The summed E-state index contributed by atoms with van der Waals surface area (Å²) in [7, 11) is 0. The number of rotatable bonds is 7. The molecule has 0 aliphatic heterocycles. The summed E-state index contributed by atoms with van der Waals surface area (Å²) >= 11 is 0. The third-order valence-corrected chi connectivity index (χ3v) is 2.94. The summed E-state index contributed by atoms with van der Waals surface area (Å²) in [6.45, 7) is 1.53. The van der Waals surface area contributed by atoms with Crippen molar-refractivity contribution in [3.63, 3.8) is 0 Å². The molecule has 2 rings (SSSR count). The first-order valence-corrected chi connectivity index (χ1v) is 6.62. The van der Waals surface area contributed by atoms with Crippen molar-refractivity contribution >= 4 is 0 Å². The standard InChI is InChI=1S/C14H17F2N3O2/c1-9(17-7-6-13-18-10(2)19-21-13)11-4-3-5-12(8-11)20-14(15)16/h3-5,8-9,14,17H,6-7H2,1-2H3. The quantitative estimate of drug-likeness (QED) is 0.851. The van der Waals surface area contributed by atoms with Crippen LogP contribution in [-0.4, -0.2) is 23.3 Å². The lowest BCUT2D eigenvalue weighted by Crippen LogP contribution is -2.21. The number of ether oxygens (including phenoxy) is 1. The summed E-state index contributed by atoms with van der Waals surface area (Å²) in [6.07, 6.45) is 0.610. The predicted octanol–water partition coefficient (Wildman–Crippen LogP) is 2.87. The van der Waals surface area contributed by atoms with Gasteiger partial charge in [0.2, 0.25) is 5.89 Å². The van der Waals surface area contributed by atoms with E-state index in [0.717, 1.165) is 5.56 Å². The molecule has 1 atom stereocenters. The minimum absolute atomic E-state index is 0.00441. The normalized spacial score (nSPS) is 12.6. The Morgan fingerprint density at radius 3 is 2.86 bits per heavy atom. The summed E-state index contributed by atoms with van der Waals surface area (Å²) in [4.78, 5) is 4.11. The van der Waals surface area contributed by atoms with E-state index >= 15 is 0 Å². The Morgan fingerprint density at radius 2 is 2.19 bits per heavy atom. The Hall–Kier alpha value is -2.02. The van der Waals surface area contributed by atoms with E-state index in [1.807, 2.05) is 13.0 Å². The molecule has 5 nitrogen and oxygen atoms in total. The van der Waals surface area contributed by atoms with Gasteiger partial charge >= 0.3 is 6.61 Å². The summed E-state index contributed by atoms with van der Waals surface area (Å²) in [5, 5.41) is 6.98. The van der Waals surface area contributed by atoms with Crippen molar-refractivity contribution in [2.45, 2.75) is 32.9 Å². The molecule has 0 saturated heterocycles. The first-order chi connectivity index (χ1) is 10.0. The summed E-state index contributed by atoms with van der Waals surface area (Å²) in [5.41, 5.74) is 0.870. The van der Waals surface area contributed by atoms with Crippen LogP contribution in [0.5, 0.6) is 5.75 Å². The predicted molar refractivity (Wildman–Crippen MR) is 72.2 cm³/mol. The highest BCUT2D eigenvalue weighted by Gasteiger charge is 2.09. The van der Waals surface area contributed by atoms with Crippen LogP contribution in [0, 0.1) is 6.92 Å². The molecule has 0 aliphatic carbocycles. The average Bonchev–Trinajstić information content (AvgIpc) is 2.84. The summed E-state index contributed by atoms with van der Waals surface area (Å²) in [6, 6.07) is 6.64. The maximum absolute atomic E-state index is 12.2. The van der Waals surface area contributed by atoms with Crippen LogP contribution in [0.1, 0.15) is 30.2 Å². The fraction of sp³-hybridized carbons (Fsp3) is 0.429. The van der Waals surface area contributed by atoms with Gasteiger partial charge in [0.1, 0.15) is 5.75 Å². The van der Waals surface area contributed by atoms with E-state index in [0.29, 0.717) is 24.7 Å². The molecule has 21 heavy (non-hydrogen) atoms. The molecule has 0 fully saturated rings. The highest BCUT2D eigenvalue weighted by atomic mass is 19.3. The monoisotopic (exact) mass is 297 g/mol. The van der Waals surface area contributed by atoms with Gasteiger partial charge in [-0.25, -0.2) is 0 Å². The molecule has 1 N–H and O–H groups in total. The van der Waals surface area contributed by atoms with Gasteiger partial charge in [-0.05, 0) is 31.5 Å². The van der Waals surface area contributed by atoms with Gasteiger partial charge in [0, 0.05) is 19.0 Å². The first kappa shape index (κ1) is 15.4. The van der Waals surface area contributed by atoms with Gasteiger partial charge < -0.3 is 14.6 Å². The zero-order valence-electron chi connectivity index (χ0n) is 11.8. The van der Waals surface area contributed by atoms with E-state index in [4.69, 9.17) is 4.52 Å². The fourth-order valence-electron chi connectivity index (χ4n) is 1.92. The highest BCUT2D eigenvalue weighted by molar-refractivity contribution is 5.30. The van der Waals surface area contributed by atoms with Crippen LogP contribution in [0.15, 0.2) is 28.8 Å². The molecule has 1 heterocycles. The first-order valence-electron chi connectivity index (χ1n) is 6.62. The van der Waals surface area contributed by atoms with Crippen molar-refractivity contribution < 1.29 is 18.0 Å². The second-order valence-corrected chi connectivity index (χ2v) is 4.61. The van der Waals surface area contributed by atoms with Crippen molar-refractivity contribution in [2.24, 2.45) is 0 Å². The average molecular weight is 297 g/mol. The van der Waals surface area contributed by atoms with Crippen molar-refractivity contribution in [3.8, 4) is 5.75 Å². The van der Waals surface area contributed by atoms with Crippen molar-refractivity contribution in [3.05, 3.63) is 41.5 Å². The number of halogens is 2. The zero-order valence-corrected chi connectivity index (χ0v) is 11.8. The second kappa shape index (κ2) is 7.12. The molecule has 0 radical (unpaired) electrons. The second-order valence-electron chi connectivity index (χ2n) is 4.61.